The SMILES string of the molecule is CCn1[nH]cc(C(=O)c2ccc(S(C)(=O)=O)c(N3CCO[C@@H]([C@](C)(O)C(F)(F)F)C3)c2Cl)c1=O. The van der Waals surface area contributed by atoms with Gasteiger partial charge < -0.3 is 19.8 Å². The van der Waals surface area contributed by atoms with Crippen molar-refractivity contribution in [3.8, 4) is 0 Å². The number of hydrogen-bond acceptors (Lipinski definition) is 7. The summed E-state index contributed by atoms with van der Waals surface area (Å²) in [6.07, 6.45) is -4.69. The van der Waals surface area contributed by atoms with Crippen molar-refractivity contribution in [1.82, 2.24) is 9.78 Å². The van der Waals surface area contributed by atoms with Gasteiger partial charge in [-0.1, -0.05) is 11.6 Å². The van der Waals surface area contributed by atoms with Crippen molar-refractivity contribution in [2.45, 2.75) is 43.2 Å². The number of carbonyl (C=O) groups excluding carboxylic acids is 1. The molecule has 34 heavy (non-hydrogen) atoms. The maximum Gasteiger partial charge on any atom is 0.419 e. The second-order valence-electron chi connectivity index (χ2n) is 8.06. The number of H-pyrrole nitrogens is 1. The normalized spacial score (nSPS) is 19.2. The summed E-state index contributed by atoms with van der Waals surface area (Å²) >= 11 is 6.47. The monoisotopic (exact) mass is 525 g/mol. The maximum atomic E-state index is 13.4. The molecule has 2 atom stereocenters. The van der Waals surface area contributed by atoms with Crippen LogP contribution in [-0.2, 0) is 21.1 Å². The number of aryl methyl sites for hydroxylation is 1. The molecule has 2 N–H and O–H groups in total. The molecule has 0 saturated carbocycles. The molecular formula is C20H23ClF3N3O6S. The molecule has 1 aliphatic heterocycles. The zero-order valence-corrected chi connectivity index (χ0v) is 20.0. The van der Waals surface area contributed by atoms with Crippen LogP contribution in [0.2, 0.25) is 5.02 Å². The fraction of sp³-hybridized carbons (Fsp3) is 0.500. The Morgan fingerprint density at radius 3 is 2.50 bits per heavy atom. The van der Waals surface area contributed by atoms with Crippen LogP contribution in [0.15, 0.2) is 28.0 Å². The van der Waals surface area contributed by atoms with Gasteiger partial charge in [-0.2, -0.15) is 13.2 Å². The molecule has 188 valence electrons. The Balaban J connectivity index is 2.13. The topological polar surface area (TPSA) is 122 Å². The summed E-state index contributed by atoms with van der Waals surface area (Å²) in [4.78, 5) is 26.4. The largest absolute Gasteiger partial charge is 0.419 e. The predicted octanol–water partition coefficient (Wildman–Crippen LogP) is 2.00. The molecule has 0 unspecified atom stereocenters. The van der Waals surface area contributed by atoms with Crippen LogP contribution in [0.25, 0.3) is 0 Å². The number of sulfone groups is 1. The Bertz CT molecular complexity index is 1270. The molecule has 1 saturated heterocycles. The number of benzene rings is 1. The van der Waals surface area contributed by atoms with Gasteiger partial charge in [-0.25, -0.2) is 8.42 Å². The van der Waals surface area contributed by atoms with Gasteiger partial charge in [-0.05, 0) is 26.0 Å². The van der Waals surface area contributed by atoms with Crippen LogP contribution in [-0.4, -0.2) is 72.9 Å². The number of morpholine rings is 1. The number of hydrogen-bond donors (Lipinski definition) is 2. The van der Waals surface area contributed by atoms with E-state index in [0.717, 1.165) is 18.4 Å². The van der Waals surface area contributed by atoms with Crippen molar-refractivity contribution in [1.29, 1.82) is 0 Å². The summed E-state index contributed by atoms with van der Waals surface area (Å²) in [5.41, 5.74) is -4.47. The van der Waals surface area contributed by atoms with Crippen molar-refractivity contribution >= 4 is 32.9 Å². The van der Waals surface area contributed by atoms with E-state index in [9.17, 15) is 36.3 Å². The minimum absolute atomic E-state index is 0.0584. The first kappa shape index (κ1) is 26.3. The van der Waals surface area contributed by atoms with Crippen LogP contribution in [0.5, 0.6) is 0 Å². The molecule has 0 aliphatic carbocycles. The number of halogens is 4. The Morgan fingerprint density at radius 1 is 1.32 bits per heavy atom. The third-order valence-corrected chi connectivity index (χ3v) is 7.22. The lowest BCUT2D eigenvalue weighted by Crippen LogP contribution is -2.60. The highest BCUT2D eigenvalue weighted by Gasteiger charge is 2.56. The Kier molecular flexibility index (Phi) is 6.97. The van der Waals surface area contributed by atoms with Gasteiger partial charge in [0, 0.05) is 37.7 Å². The molecule has 1 aromatic carbocycles. The highest BCUT2D eigenvalue weighted by Crippen LogP contribution is 2.40. The van der Waals surface area contributed by atoms with E-state index >= 15 is 0 Å². The summed E-state index contributed by atoms with van der Waals surface area (Å²) in [6, 6.07) is 2.26. The molecule has 1 aliphatic rings. The summed E-state index contributed by atoms with van der Waals surface area (Å²) in [5, 5.41) is 12.3. The van der Waals surface area contributed by atoms with E-state index in [-0.39, 0.29) is 46.4 Å². The van der Waals surface area contributed by atoms with Crippen LogP contribution < -0.4 is 10.5 Å². The van der Waals surface area contributed by atoms with Gasteiger partial charge >= 0.3 is 6.18 Å². The first-order valence-electron chi connectivity index (χ1n) is 10.1. The van der Waals surface area contributed by atoms with Gasteiger partial charge in [0.25, 0.3) is 5.56 Å². The number of aromatic nitrogens is 2. The average Bonchev–Trinajstić information content (AvgIpc) is 3.12. The molecule has 1 aromatic heterocycles. The van der Waals surface area contributed by atoms with Gasteiger partial charge in [0.1, 0.15) is 11.7 Å². The number of carbonyl (C=O) groups is 1. The first-order valence-corrected chi connectivity index (χ1v) is 12.4. The van der Waals surface area contributed by atoms with Crippen LogP contribution in [0.4, 0.5) is 18.9 Å². The van der Waals surface area contributed by atoms with Crippen molar-refractivity contribution in [2.75, 3.05) is 30.9 Å². The van der Waals surface area contributed by atoms with E-state index in [0.29, 0.717) is 6.92 Å². The highest BCUT2D eigenvalue weighted by molar-refractivity contribution is 7.90. The lowest BCUT2D eigenvalue weighted by molar-refractivity contribution is -0.289. The van der Waals surface area contributed by atoms with Gasteiger partial charge in [0.15, 0.2) is 15.4 Å². The highest BCUT2D eigenvalue weighted by atomic mass is 35.5. The standard InChI is InChI=1S/C20H23ClF3N3O6S/c1-4-27-18(29)12(9-25-27)17(28)11-5-6-13(34(3,31)32)16(15(11)21)26-7-8-33-14(10-26)19(2,30)20(22,23)24/h5-6,9,14,25,30H,4,7-8,10H2,1-3H3/t14-,19+/m1/s1. The number of anilines is 1. The number of nitrogens with one attached hydrogen (secondary N) is 1. The van der Waals surface area contributed by atoms with E-state index in [1.165, 1.54) is 15.8 Å². The van der Waals surface area contributed by atoms with Gasteiger partial charge in [0.2, 0.25) is 5.78 Å². The molecule has 0 amide bonds. The second kappa shape index (κ2) is 9.02. The predicted molar refractivity (Wildman–Crippen MR) is 117 cm³/mol. The number of aromatic amines is 1. The molecular weight excluding hydrogens is 503 g/mol. The zero-order valence-electron chi connectivity index (χ0n) is 18.4. The summed E-state index contributed by atoms with van der Waals surface area (Å²) < 4.78 is 71.3. The van der Waals surface area contributed by atoms with Gasteiger partial charge in [-0.3, -0.25) is 14.3 Å². The molecule has 14 heteroatoms. The van der Waals surface area contributed by atoms with Gasteiger partial charge in [-0.15, -0.1) is 0 Å². The number of nitrogens with zero attached hydrogens (tertiary/aromatic N) is 2. The van der Waals surface area contributed by atoms with E-state index in [2.05, 4.69) is 5.10 Å². The molecule has 0 bridgehead atoms. The Labute approximate surface area is 198 Å². The van der Waals surface area contributed by atoms with E-state index in [1.54, 1.807) is 6.92 Å². The number of aliphatic hydroxyl groups is 1. The van der Waals surface area contributed by atoms with Crippen molar-refractivity contribution in [3.05, 3.63) is 44.8 Å². The van der Waals surface area contributed by atoms with Crippen LogP contribution in [0.3, 0.4) is 0 Å². The molecule has 0 radical (unpaired) electrons. The second-order valence-corrected chi connectivity index (χ2v) is 10.4. The number of ketones is 1. The molecule has 9 nitrogen and oxygen atoms in total. The average molecular weight is 526 g/mol. The molecule has 1 fully saturated rings. The fourth-order valence-corrected chi connectivity index (χ4v) is 4.97. The number of rotatable bonds is 6. The zero-order chi connectivity index (χ0) is 25.6. The lowest BCUT2D eigenvalue weighted by atomic mass is 9.96. The van der Waals surface area contributed by atoms with Crippen molar-refractivity contribution in [2.24, 2.45) is 0 Å². The number of alkyl halides is 3. The maximum absolute atomic E-state index is 13.4. The minimum Gasteiger partial charge on any atom is -0.379 e. The van der Waals surface area contributed by atoms with Crippen molar-refractivity contribution < 1.29 is 36.2 Å². The van der Waals surface area contributed by atoms with Crippen molar-refractivity contribution in [3.63, 3.8) is 0 Å². The number of ether oxygens (including phenoxy) is 1. The lowest BCUT2D eigenvalue weighted by Gasteiger charge is -2.42. The van der Waals surface area contributed by atoms with Crippen LogP contribution in [0, 0.1) is 0 Å². The Morgan fingerprint density at radius 2 is 1.97 bits per heavy atom. The quantitative estimate of drug-likeness (QED) is 0.553. The third kappa shape index (κ3) is 4.61. The summed E-state index contributed by atoms with van der Waals surface area (Å²) in [5.74, 6) is -0.785. The summed E-state index contributed by atoms with van der Waals surface area (Å²) in [6.45, 7) is 1.63. The Hall–Kier alpha value is -2.35. The van der Waals surface area contributed by atoms with E-state index in [4.69, 9.17) is 16.3 Å². The molecule has 3 rings (SSSR count). The smallest absolute Gasteiger partial charge is 0.379 e. The summed E-state index contributed by atoms with van der Waals surface area (Å²) in [7, 11) is -3.94. The third-order valence-electron chi connectivity index (χ3n) is 5.71. The minimum atomic E-state index is -5.02. The van der Waals surface area contributed by atoms with Gasteiger partial charge in [0.05, 0.1) is 22.2 Å². The van der Waals surface area contributed by atoms with Crippen LogP contribution in [0.1, 0.15) is 29.8 Å². The fourth-order valence-electron chi connectivity index (χ4n) is 3.64. The van der Waals surface area contributed by atoms with E-state index < -0.39 is 45.6 Å². The molecule has 2 aromatic rings. The molecule has 2 heterocycles. The first-order chi connectivity index (χ1) is 15.6. The molecule has 0 spiro atoms. The van der Waals surface area contributed by atoms with Crippen LogP contribution >= 0.6 is 11.6 Å². The van der Waals surface area contributed by atoms with E-state index in [1.807, 2.05) is 0 Å².